The van der Waals surface area contributed by atoms with E-state index in [1.807, 2.05) is 12.1 Å². The average molecular weight is 462 g/mol. The van der Waals surface area contributed by atoms with Gasteiger partial charge in [-0.15, -0.1) is 11.8 Å². The second kappa shape index (κ2) is 10.2. The van der Waals surface area contributed by atoms with Gasteiger partial charge in [0.15, 0.2) is 0 Å². The number of methoxy groups -OCH3 is 1. The van der Waals surface area contributed by atoms with Crippen LogP contribution in [0.15, 0.2) is 83.9 Å². The van der Waals surface area contributed by atoms with Crippen LogP contribution in [0.3, 0.4) is 0 Å². The highest BCUT2D eigenvalue weighted by Gasteiger charge is 2.11. The minimum atomic E-state index is -0.391. The molecule has 33 heavy (non-hydrogen) atoms. The van der Waals surface area contributed by atoms with E-state index >= 15 is 0 Å². The van der Waals surface area contributed by atoms with Gasteiger partial charge in [0.1, 0.15) is 5.75 Å². The molecule has 4 rings (SSSR count). The van der Waals surface area contributed by atoms with Gasteiger partial charge in [-0.25, -0.2) is 0 Å². The molecule has 0 aliphatic heterocycles. The maximum Gasteiger partial charge on any atom is 0.269 e. The predicted molar refractivity (Wildman–Crippen MR) is 130 cm³/mol. The van der Waals surface area contributed by atoms with Crippen LogP contribution < -0.4 is 10.1 Å². The Balaban J connectivity index is 1.41. The van der Waals surface area contributed by atoms with Crippen molar-refractivity contribution in [3.8, 4) is 5.75 Å². The Labute approximate surface area is 195 Å². The first kappa shape index (κ1) is 22.4. The summed E-state index contributed by atoms with van der Waals surface area (Å²) < 4.78 is 7.27. The Hall–Kier alpha value is -3.78. The molecule has 0 atom stereocenters. The van der Waals surface area contributed by atoms with Crippen LogP contribution in [-0.4, -0.2) is 29.1 Å². The Morgan fingerprint density at radius 1 is 1.06 bits per heavy atom. The summed E-state index contributed by atoms with van der Waals surface area (Å²) in [6, 6.07) is 21.8. The lowest BCUT2D eigenvalue weighted by Crippen LogP contribution is -2.27. The maximum atomic E-state index is 12.4. The van der Waals surface area contributed by atoms with Crippen molar-refractivity contribution in [3.63, 3.8) is 0 Å². The van der Waals surface area contributed by atoms with Crippen molar-refractivity contribution in [2.75, 3.05) is 13.7 Å². The number of benzene rings is 3. The maximum absolute atomic E-state index is 12.4. The number of rotatable bonds is 9. The van der Waals surface area contributed by atoms with Gasteiger partial charge in [0.05, 0.1) is 12.0 Å². The van der Waals surface area contributed by atoms with Crippen LogP contribution in [0.2, 0.25) is 0 Å². The summed E-state index contributed by atoms with van der Waals surface area (Å²) in [5.74, 6) is 1.30. The second-order valence-corrected chi connectivity index (χ2v) is 8.42. The molecule has 3 aromatic carbocycles. The van der Waals surface area contributed by atoms with Crippen molar-refractivity contribution < 1.29 is 14.5 Å². The first-order chi connectivity index (χ1) is 16.0. The normalized spacial score (nSPS) is 10.8. The number of carbonyl (C=O) groups excluding carboxylic acids is 1. The Morgan fingerprint density at radius 2 is 1.79 bits per heavy atom. The lowest BCUT2D eigenvalue weighted by molar-refractivity contribution is -0.384. The predicted octanol–water partition coefficient (Wildman–Crippen LogP) is 5.28. The molecule has 1 amide bonds. The number of non-ortho nitro benzene ring substituents is 1. The van der Waals surface area contributed by atoms with Crippen molar-refractivity contribution in [2.24, 2.45) is 0 Å². The minimum Gasteiger partial charge on any atom is -0.497 e. The van der Waals surface area contributed by atoms with Gasteiger partial charge in [-0.1, -0.05) is 30.3 Å². The van der Waals surface area contributed by atoms with E-state index in [4.69, 9.17) is 4.74 Å². The molecule has 8 heteroatoms. The first-order valence-electron chi connectivity index (χ1n) is 10.4. The van der Waals surface area contributed by atoms with Gasteiger partial charge in [0, 0.05) is 58.5 Å². The third-order valence-corrected chi connectivity index (χ3v) is 6.40. The molecule has 0 unspecified atom stereocenters. The Bertz CT molecular complexity index is 1270. The Morgan fingerprint density at radius 3 is 2.48 bits per heavy atom. The zero-order chi connectivity index (χ0) is 23.2. The zero-order valence-electron chi connectivity index (χ0n) is 18.1. The van der Waals surface area contributed by atoms with E-state index in [1.54, 1.807) is 55.3 Å². The molecule has 1 aromatic heterocycles. The van der Waals surface area contributed by atoms with Crippen molar-refractivity contribution in [3.05, 3.63) is 100 Å². The number of thioether (sulfide) groups is 1. The minimum absolute atomic E-state index is 0.0945. The van der Waals surface area contributed by atoms with Crippen LogP contribution in [-0.2, 0) is 12.3 Å². The number of para-hydroxylation sites is 1. The van der Waals surface area contributed by atoms with Crippen LogP contribution in [0.4, 0.5) is 5.69 Å². The number of nitrogens with one attached hydrogen (secondary N) is 1. The molecule has 0 saturated carbocycles. The van der Waals surface area contributed by atoms with Gasteiger partial charge in [-0.3, -0.25) is 14.9 Å². The van der Waals surface area contributed by atoms with Crippen molar-refractivity contribution in [1.29, 1.82) is 0 Å². The molecule has 1 N–H and O–H groups in total. The van der Waals surface area contributed by atoms with Crippen molar-refractivity contribution in [1.82, 2.24) is 9.88 Å². The number of nitrogens with zero attached hydrogens (tertiary/aromatic N) is 2. The number of carbonyl (C=O) groups is 1. The lowest BCUT2D eigenvalue weighted by Gasteiger charge is -2.08. The zero-order valence-corrected chi connectivity index (χ0v) is 18.9. The molecular formula is C25H23N3O4S. The van der Waals surface area contributed by atoms with Gasteiger partial charge in [-0.2, -0.15) is 0 Å². The summed E-state index contributed by atoms with van der Waals surface area (Å²) in [5, 5.41) is 15.0. The van der Waals surface area contributed by atoms with E-state index in [0.29, 0.717) is 30.2 Å². The third kappa shape index (κ3) is 5.35. The number of hydrogen-bond donors (Lipinski definition) is 1. The molecule has 7 nitrogen and oxygen atoms in total. The van der Waals surface area contributed by atoms with Crippen LogP contribution in [0.1, 0.15) is 15.9 Å². The highest BCUT2D eigenvalue weighted by Crippen LogP contribution is 2.32. The molecule has 1 heterocycles. The monoisotopic (exact) mass is 461 g/mol. The van der Waals surface area contributed by atoms with Crippen LogP contribution in [0.5, 0.6) is 5.75 Å². The highest BCUT2D eigenvalue weighted by molar-refractivity contribution is 7.98. The van der Waals surface area contributed by atoms with E-state index in [1.165, 1.54) is 12.1 Å². The van der Waals surface area contributed by atoms with E-state index in [0.717, 1.165) is 21.4 Å². The molecule has 4 aromatic rings. The Kier molecular flexibility index (Phi) is 6.95. The summed E-state index contributed by atoms with van der Waals surface area (Å²) in [6.45, 7) is 1.14. The molecule has 0 spiro atoms. The van der Waals surface area contributed by atoms with E-state index < -0.39 is 4.92 Å². The second-order valence-electron chi connectivity index (χ2n) is 7.40. The average Bonchev–Trinajstić information content (AvgIpc) is 3.20. The van der Waals surface area contributed by atoms with Gasteiger partial charge >= 0.3 is 0 Å². The van der Waals surface area contributed by atoms with Crippen molar-refractivity contribution >= 4 is 34.3 Å². The molecule has 0 fully saturated rings. The molecule has 0 saturated heterocycles. The summed E-state index contributed by atoms with van der Waals surface area (Å²) in [7, 11) is 1.59. The van der Waals surface area contributed by atoms with Crippen LogP contribution in [0.25, 0.3) is 10.9 Å². The number of aromatic nitrogens is 1. The molecule has 0 radical (unpaired) electrons. The molecule has 0 aliphatic rings. The molecular weight excluding hydrogens is 438 g/mol. The fourth-order valence-electron chi connectivity index (χ4n) is 3.52. The highest BCUT2D eigenvalue weighted by atomic mass is 32.2. The standard InChI is InChI=1S/C25H23N3O4S/c1-32-21-12-8-19(9-13-21)25(29)26-14-15-27-16-24(22-4-2-3-5-23(22)27)33-17-18-6-10-20(11-7-18)28(30)31/h2-13,16H,14-15,17H2,1H3,(H,26,29). The number of amides is 1. The number of ether oxygens (including phenoxy) is 1. The SMILES string of the molecule is COc1ccc(C(=O)NCCn2cc(SCc3ccc([N+](=O)[O-])cc3)c3ccccc32)cc1. The number of nitro benzene ring substituents is 1. The number of fused-ring (bicyclic) bond motifs is 1. The summed E-state index contributed by atoms with van der Waals surface area (Å²) in [5.41, 5.74) is 2.81. The quantitative estimate of drug-likeness (QED) is 0.208. The van der Waals surface area contributed by atoms with E-state index in [-0.39, 0.29) is 11.6 Å². The smallest absolute Gasteiger partial charge is 0.269 e. The van der Waals surface area contributed by atoms with Crippen LogP contribution in [0, 0.1) is 10.1 Å². The summed E-state index contributed by atoms with van der Waals surface area (Å²) >= 11 is 1.69. The third-order valence-electron chi connectivity index (χ3n) is 5.28. The molecule has 0 aliphatic carbocycles. The number of hydrogen-bond acceptors (Lipinski definition) is 5. The summed E-state index contributed by atoms with van der Waals surface area (Å²) in [6.07, 6.45) is 2.10. The van der Waals surface area contributed by atoms with Crippen LogP contribution >= 0.6 is 11.8 Å². The fraction of sp³-hybridized carbons (Fsp3) is 0.160. The lowest BCUT2D eigenvalue weighted by atomic mass is 10.2. The van der Waals surface area contributed by atoms with Crippen molar-refractivity contribution in [2.45, 2.75) is 17.2 Å². The number of nitro groups is 1. The fourth-order valence-corrected chi connectivity index (χ4v) is 4.57. The van der Waals surface area contributed by atoms with Gasteiger partial charge in [0.25, 0.3) is 11.6 Å². The van der Waals surface area contributed by atoms with E-state index in [2.05, 4.69) is 28.2 Å². The van der Waals surface area contributed by atoms with Gasteiger partial charge < -0.3 is 14.6 Å². The first-order valence-corrected chi connectivity index (χ1v) is 11.4. The molecule has 168 valence electrons. The van der Waals surface area contributed by atoms with Gasteiger partial charge in [-0.05, 0) is 35.9 Å². The van der Waals surface area contributed by atoms with Gasteiger partial charge in [0.2, 0.25) is 0 Å². The van der Waals surface area contributed by atoms with E-state index in [9.17, 15) is 14.9 Å². The summed E-state index contributed by atoms with van der Waals surface area (Å²) in [4.78, 5) is 24.0. The topological polar surface area (TPSA) is 86.4 Å². The largest absolute Gasteiger partial charge is 0.497 e. The molecule has 0 bridgehead atoms.